The molecular weight excluding hydrogens is 269 g/mol. The van der Waals surface area contributed by atoms with E-state index < -0.39 is 0 Å². The van der Waals surface area contributed by atoms with E-state index in [1.165, 1.54) is 12.1 Å². The first-order valence-corrected chi connectivity index (χ1v) is 7.59. The molecule has 2 aliphatic heterocycles. The molecule has 21 heavy (non-hydrogen) atoms. The molecule has 4 nitrogen and oxygen atoms in total. The van der Waals surface area contributed by atoms with Gasteiger partial charge in [0.1, 0.15) is 5.82 Å². The van der Waals surface area contributed by atoms with Crippen LogP contribution in [0.1, 0.15) is 18.5 Å². The Labute approximate surface area is 124 Å². The third-order valence-corrected chi connectivity index (χ3v) is 4.58. The van der Waals surface area contributed by atoms with Crippen LogP contribution in [0.2, 0.25) is 0 Å². The number of rotatable bonds is 4. The van der Waals surface area contributed by atoms with Crippen LogP contribution in [0.15, 0.2) is 24.3 Å². The Bertz CT molecular complexity index is 493. The van der Waals surface area contributed by atoms with E-state index in [1.54, 1.807) is 12.1 Å². The number of hydrogen-bond acceptors (Lipinski definition) is 3. The molecule has 0 bridgehead atoms. The smallest absolute Gasteiger partial charge is 0.234 e. The number of nitrogens with zero attached hydrogens (tertiary/aromatic N) is 1. The minimum Gasteiger partial charge on any atom is -0.348 e. The molecule has 2 saturated heterocycles. The molecule has 0 spiro atoms. The van der Waals surface area contributed by atoms with Crippen molar-refractivity contribution in [1.82, 2.24) is 15.5 Å². The summed E-state index contributed by atoms with van der Waals surface area (Å²) in [6.45, 7) is 6.56. The maximum Gasteiger partial charge on any atom is 0.234 e. The number of halogens is 1. The molecule has 0 aromatic heterocycles. The standard InChI is InChI=1S/C16H22FN3O/c1-11(12-2-4-15(17)5-3-12)19-16(21)10-20-8-13-6-18-7-14(13)9-20/h2-5,11,13-14,18H,6-10H2,1H3,(H,19,21). The van der Waals surface area contributed by atoms with Crippen molar-refractivity contribution in [3.05, 3.63) is 35.6 Å². The van der Waals surface area contributed by atoms with Crippen LogP contribution in [-0.4, -0.2) is 43.5 Å². The number of carbonyl (C=O) groups excluding carboxylic acids is 1. The molecule has 114 valence electrons. The van der Waals surface area contributed by atoms with Crippen molar-refractivity contribution in [2.45, 2.75) is 13.0 Å². The second-order valence-electron chi connectivity index (χ2n) is 6.21. The van der Waals surface area contributed by atoms with Gasteiger partial charge in [0.25, 0.3) is 0 Å². The molecule has 0 radical (unpaired) electrons. The quantitative estimate of drug-likeness (QED) is 0.875. The third-order valence-electron chi connectivity index (χ3n) is 4.58. The van der Waals surface area contributed by atoms with Crippen molar-refractivity contribution >= 4 is 5.91 Å². The van der Waals surface area contributed by atoms with Gasteiger partial charge in [0.05, 0.1) is 12.6 Å². The van der Waals surface area contributed by atoms with Gasteiger partial charge in [0, 0.05) is 13.1 Å². The maximum absolute atomic E-state index is 12.9. The molecule has 5 heteroatoms. The number of carbonyl (C=O) groups is 1. The van der Waals surface area contributed by atoms with Gasteiger partial charge >= 0.3 is 0 Å². The first-order valence-electron chi connectivity index (χ1n) is 7.59. The van der Waals surface area contributed by atoms with Crippen LogP contribution in [-0.2, 0) is 4.79 Å². The summed E-state index contributed by atoms with van der Waals surface area (Å²) in [7, 11) is 0. The van der Waals surface area contributed by atoms with Gasteiger partial charge in [-0.05, 0) is 49.5 Å². The van der Waals surface area contributed by atoms with Crippen molar-refractivity contribution in [1.29, 1.82) is 0 Å². The fraction of sp³-hybridized carbons (Fsp3) is 0.562. The van der Waals surface area contributed by atoms with Crippen LogP contribution in [0, 0.1) is 17.7 Å². The van der Waals surface area contributed by atoms with Crippen molar-refractivity contribution in [3.8, 4) is 0 Å². The summed E-state index contributed by atoms with van der Waals surface area (Å²) in [5.74, 6) is 1.19. The number of nitrogens with one attached hydrogen (secondary N) is 2. The normalized spacial score (nSPS) is 26.6. The first-order chi connectivity index (χ1) is 10.1. The lowest BCUT2D eigenvalue weighted by molar-refractivity contribution is -0.122. The van der Waals surface area contributed by atoms with Crippen LogP contribution >= 0.6 is 0 Å². The molecule has 0 saturated carbocycles. The zero-order valence-corrected chi connectivity index (χ0v) is 12.3. The van der Waals surface area contributed by atoms with Gasteiger partial charge in [0.15, 0.2) is 0 Å². The van der Waals surface area contributed by atoms with Crippen molar-refractivity contribution in [2.75, 3.05) is 32.7 Å². The largest absolute Gasteiger partial charge is 0.348 e. The van der Waals surface area contributed by atoms with Gasteiger partial charge in [-0.15, -0.1) is 0 Å². The average molecular weight is 291 g/mol. The highest BCUT2D eigenvalue weighted by Gasteiger charge is 2.36. The van der Waals surface area contributed by atoms with E-state index in [4.69, 9.17) is 0 Å². The number of amides is 1. The Balaban J connectivity index is 1.49. The fourth-order valence-corrected chi connectivity index (χ4v) is 3.41. The van der Waals surface area contributed by atoms with Crippen LogP contribution in [0.5, 0.6) is 0 Å². The molecule has 2 N–H and O–H groups in total. The lowest BCUT2D eigenvalue weighted by Crippen LogP contribution is -2.38. The van der Waals surface area contributed by atoms with E-state index in [9.17, 15) is 9.18 Å². The minimum atomic E-state index is -0.255. The molecule has 0 aliphatic carbocycles. The molecule has 1 aromatic rings. The summed E-state index contributed by atoms with van der Waals surface area (Å²) in [4.78, 5) is 14.4. The lowest BCUT2D eigenvalue weighted by Gasteiger charge is -2.19. The SMILES string of the molecule is CC(NC(=O)CN1CC2CNCC2C1)c1ccc(F)cc1. The highest BCUT2D eigenvalue weighted by molar-refractivity contribution is 5.78. The predicted octanol–water partition coefficient (Wildman–Crippen LogP) is 1.15. The molecule has 3 atom stereocenters. The van der Waals surface area contributed by atoms with Gasteiger partial charge in [-0.2, -0.15) is 0 Å². The summed E-state index contributed by atoms with van der Waals surface area (Å²) < 4.78 is 12.9. The maximum atomic E-state index is 12.9. The highest BCUT2D eigenvalue weighted by Crippen LogP contribution is 2.25. The van der Waals surface area contributed by atoms with Gasteiger partial charge in [-0.3, -0.25) is 9.69 Å². The number of hydrogen-bond donors (Lipinski definition) is 2. The molecule has 3 rings (SSSR count). The summed E-state index contributed by atoms with van der Waals surface area (Å²) >= 11 is 0. The van der Waals surface area contributed by atoms with E-state index in [0.29, 0.717) is 18.4 Å². The van der Waals surface area contributed by atoms with E-state index in [0.717, 1.165) is 31.7 Å². The zero-order valence-electron chi connectivity index (χ0n) is 12.3. The Morgan fingerprint density at radius 1 is 1.33 bits per heavy atom. The van der Waals surface area contributed by atoms with Crippen molar-refractivity contribution in [3.63, 3.8) is 0 Å². The third kappa shape index (κ3) is 3.41. The Kier molecular flexibility index (Phi) is 4.22. The lowest BCUT2D eigenvalue weighted by atomic mass is 10.0. The first kappa shape index (κ1) is 14.5. The molecule has 1 amide bonds. The second-order valence-corrected chi connectivity index (χ2v) is 6.21. The number of fused-ring (bicyclic) bond motifs is 1. The van der Waals surface area contributed by atoms with E-state index in [-0.39, 0.29) is 17.8 Å². The monoisotopic (exact) mass is 291 g/mol. The molecule has 3 unspecified atom stereocenters. The van der Waals surface area contributed by atoms with Crippen molar-refractivity contribution < 1.29 is 9.18 Å². The Morgan fingerprint density at radius 2 is 1.95 bits per heavy atom. The van der Waals surface area contributed by atoms with Crippen LogP contribution in [0.4, 0.5) is 4.39 Å². The van der Waals surface area contributed by atoms with Crippen LogP contribution < -0.4 is 10.6 Å². The number of likely N-dealkylation sites (tertiary alicyclic amines) is 1. The van der Waals surface area contributed by atoms with Crippen LogP contribution in [0.3, 0.4) is 0 Å². The van der Waals surface area contributed by atoms with Gasteiger partial charge in [0.2, 0.25) is 5.91 Å². The highest BCUT2D eigenvalue weighted by atomic mass is 19.1. The Morgan fingerprint density at radius 3 is 2.57 bits per heavy atom. The zero-order chi connectivity index (χ0) is 14.8. The summed E-state index contributed by atoms with van der Waals surface area (Å²) in [6, 6.07) is 6.18. The topological polar surface area (TPSA) is 44.4 Å². The average Bonchev–Trinajstić information content (AvgIpc) is 3.00. The van der Waals surface area contributed by atoms with Crippen LogP contribution in [0.25, 0.3) is 0 Å². The van der Waals surface area contributed by atoms with Gasteiger partial charge < -0.3 is 10.6 Å². The summed E-state index contributed by atoms with van der Waals surface area (Å²) in [5, 5.41) is 6.39. The van der Waals surface area contributed by atoms with Crippen molar-refractivity contribution in [2.24, 2.45) is 11.8 Å². The summed E-state index contributed by atoms with van der Waals surface area (Å²) in [5.41, 5.74) is 0.923. The molecule has 2 fully saturated rings. The minimum absolute atomic E-state index is 0.0414. The molecular formula is C16H22FN3O. The molecule has 2 heterocycles. The molecule has 2 aliphatic rings. The van der Waals surface area contributed by atoms with Gasteiger partial charge in [-0.1, -0.05) is 12.1 Å². The fourth-order valence-electron chi connectivity index (χ4n) is 3.41. The number of benzene rings is 1. The second kappa shape index (κ2) is 6.12. The Hall–Kier alpha value is -1.46. The molecule has 1 aromatic carbocycles. The van der Waals surface area contributed by atoms with E-state index >= 15 is 0 Å². The predicted molar refractivity (Wildman–Crippen MR) is 79.2 cm³/mol. The van der Waals surface area contributed by atoms with E-state index in [1.807, 2.05) is 6.92 Å². The van der Waals surface area contributed by atoms with Gasteiger partial charge in [-0.25, -0.2) is 4.39 Å². The van der Waals surface area contributed by atoms with E-state index in [2.05, 4.69) is 15.5 Å². The summed E-state index contributed by atoms with van der Waals surface area (Å²) in [6.07, 6.45) is 0.